The number of allylic oxidation sites excluding steroid dienone is 2. The van der Waals surface area contributed by atoms with Crippen LogP contribution in [-0.2, 0) is 4.79 Å². The van der Waals surface area contributed by atoms with Crippen molar-refractivity contribution in [1.29, 1.82) is 0 Å². The molecule has 0 spiro atoms. The van der Waals surface area contributed by atoms with Crippen LogP contribution in [0.2, 0.25) is 0 Å². The molecule has 1 aromatic carbocycles. The summed E-state index contributed by atoms with van der Waals surface area (Å²) in [6.07, 6.45) is 7.21. The third-order valence-electron chi connectivity index (χ3n) is 4.29. The molecule has 1 aromatic rings. The molecule has 0 radical (unpaired) electrons. The van der Waals surface area contributed by atoms with Gasteiger partial charge in [-0.1, -0.05) is 0 Å². The first-order valence-corrected chi connectivity index (χ1v) is 7.33. The number of likely N-dealkylation sites (N-methyl/N-ethyl adjacent to an activating group) is 1. The Morgan fingerprint density at radius 2 is 2.05 bits per heavy atom. The van der Waals surface area contributed by atoms with Crippen molar-refractivity contribution in [3.63, 3.8) is 0 Å². The van der Waals surface area contributed by atoms with E-state index >= 15 is 0 Å². The predicted octanol–water partition coefficient (Wildman–Crippen LogP) is 2.63. The first kappa shape index (κ1) is 13.7. The molecule has 2 unspecified atom stereocenters. The number of nitrogens with one attached hydrogen (secondary N) is 1. The summed E-state index contributed by atoms with van der Waals surface area (Å²) in [5, 5.41) is 2.71. The lowest BCUT2D eigenvalue weighted by Gasteiger charge is -2.33. The molecule has 2 atom stereocenters. The molecule has 2 aliphatic carbocycles. The fourth-order valence-electron chi connectivity index (χ4n) is 2.89. The monoisotopic (exact) mass is 284 g/mol. The molecule has 0 saturated heterocycles. The maximum Gasteiger partial charge on any atom is 0.247 e. The van der Waals surface area contributed by atoms with E-state index in [9.17, 15) is 4.79 Å². The van der Waals surface area contributed by atoms with Gasteiger partial charge in [-0.15, -0.1) is 0 Å². The first-order chi connectivity index (χ1) is 10.2. The number of hydrogen-bond donors (Lipinski definition) is 2. The first-order valence-electron chi connectivity index (χ1n) is 7.33. The zero-order chi connectivity index (χ0) is 14.8. The highest BCUT2D eigenvalue weighted by atomic mass is 16.5. The highest BCUT2D eigenvalue weighted by molar-refractivity contribution is 5.93. The minimum absolute atomic E-state index is 0.0191. The molecule has 0 aliphatic heterocycles. The Balaban J connectivity index is 1.84. The Hall–Kier alpha value is -2.23. The second-order valence-electron chi connectivity index (χ2n) is 5.69. The smallest absolute Gasteiger partial charge is 0.247 e. The topological polar surface area (TPSA) is 64.3 Å². The molecular weight excluding hydrogens is 264 g/mol. The maximum absolute atomic E-state index is 12.0. The summed E-state index contributed by atoms with van der Waals surface area (Å²) in [7, 11) is 1.66. The zero-order valence-electron chi connectivity index (χ0n) is 12.1. The van der Waals surface area contributed by atoms with Crippen LogP contribution < -0.4 is 15.8 Å². The Labute approximate surface area is 124 Å². The van der Waals surface area contributed by atoms with Crippen LogP contribution in [0.25, 0.3) is 0 Å². The number of ether oxygens (including phenoxy) is 1. The average Bonchev–Trinajstić information content (AvgIpc) is 2.59. The number of carbonyl (C=O) groups is 1. The number of nitrogen functional groups attached to an aromatic ring is 1. The lowest BCUT2D eigenvalue weighted by Crippen LogP contribution is -2.27. The van der Waals surface area contributed by atoms with Gasteiger partial charge in [-0.25, -0.2) is 0 Å². The molecule has 3 rings (SSSR count). The van der Waals surface area contributed by atoms with E-state index in [1.165, 1.54) is 12.8 Å². The number of rotatable bonds is 3. The van der Waals surface area contributed by atoms with E-state index in [0.717, 1.165) is 23.5 Å². The molecule has 1 saturated carbocycles. The molecule has 0 heterocycles. The number of benzene rings is 1. The van der Waals surface area contributed by atoms with E-state index in [1.807, 2.05) is 30.3 Å². The van der Waals surface area contributed by atoms with Crippen molar-refractivity contribution < 1.29 is 9.53 Å². The van der Waals surface area contributed by atoms with E-state index < -0.39 is 0 Å². The van der Waals surface area contributed by atoms with Gasteiger partial charge in [0, 0.05) is 18.3 Å². The van der Waals surface area contributed by atoms with Crippen molar-refractivity contribution >= 4 is 11.6 Å². The zero-order valence-corrected chi connectivity index (χ0v) is 12.1. The highest BCUT2D eigenvalue weighted by Crippen LogP contribution is 2.42. The fraction of sp³-hybridized carbons (Fsp3) is 0.353. The average molecular weight is 284 g/mol. The summed E-state index contributed by atoms with van der Waals surface area (Å²) in [4.78, 5) is 12.0. The van der Waals surface area contributed by atoms with Crippen LogP contribution in [0, 0.1) is 11.8 Å². The SMILES string of the molecule is CNC(=O)C1=CC(Oc2ccc(N)cc2)=CC2CCC2C1. The van der Waals surface area contributed by atoms with Crippen LogP contribution in [0.1, 0.15) is 19.3 Å². The molecule has 1 fully saturated rings. The van der Waals surface area contributed by atoms with Crippen molar-refractivity contribution in [1.82, 2.24) is 5.32 Å². The predicted molar refractivity (Wildman–Crippen MR) is 82.5 cm³/mol. The molecule has 1 amide bonds. The van der Waals surface area contributed by atoms with E-state index in [4.69, 9.17) is 10.5 Å². The summed E-state index contributed by atoms with van der Waals surface area (Å²) in [5.74, 6) is 2.56. The summed E-state index contributed by atoms with van der Waals surface area (Å²) in [6, 6.07) is 7.30. The number of anilines is 1. The third kappa shape index (κ3) is 2.94. The van der Waals surface area contributed by atoms with E-state index in [-0.39, 0.29) is 5.91 Å². The molecule has 0 bridgehead atoms. The van der Waals surface area contributed by atoms with Gasteiger partial charge in [-0.3, -0.25) is 4.79 Å². The Bertz CT molecular complexity index is 602. The van der Waals surface area contributed by atoms with Gasteiger partial charge >= 0.3 is 0 Å². The highest BCUT2D eigenvalue weighted by Gasteiger charge is 2.33. The number of hydrogen-bond acceptors (Lipinski definition) is 3. The van der Waals surface area contributed by atoms with Crippen molar-refractivity contribution in [3.8, 4) is 5.75 Å². The normalized spacial score (nSPS) is 23.9. The van der Waals surface area contributed by atoms with Gasteiger partial charge in [0.2, 0.25) is 5.91 Å². The summed E-state index contributed by atoms with van der Waals surface area (Å²) in [6.45, 7) is 0. The van der Waals surface area contributed by atoms with Crippen LogP contribution in [-0.4, -0.2) is 13.0 Å². The quantitative estimate of drug-likeness (QED) is 0.839. The van der Waals surface area contributed by atoms with Crippen molar-refractivity contribution in [3.05, 3.63) is 47.7 Å². The van der Waals surface area contributed by atoms with Crippen LogP contribution in [0.15, 0.2) is 47.7 Å². The number of carbonyl (C=O) groups excluding carboxylic acids is 1. The number of amides is 1. The molecule has 4 nitrogen and oxygen atoms in total. The Kier molecular flexibility index (Phi) is 3.69. The lowest BCUT2D eigenvalue weighted by atomic mass is 9.71. The molecule has 0 aromatic heterocycles. The van der Waals surface area contributed by atoms with Gasteiger partial charge in [-0.2, -0.15) is 0 Å². The van der Waals surface area contributed by atoms with Crippen LogP contribution in [0.3, 0.4) is 0 Å². The Morgan fingerprint density at radius 3 is 2.67 bits per heavy atom. The molecule has 3 N–H and O–H groups in total. The van der Waals surface area contributed by atoms with Gasteiger partial charge in [-0.05, 0) is 67.5 Å². The maximum atomic E-state index is 12.0. The van der Waals surface area contributed by atoms with E-state index in [2.05, 4.69) is 11.4 Å². The number of fused-ring (bicyclic) bond motifs is 1. The van der Waals surface area contributed by atoms with E-state index in [0.29, 0.717) is 17.5 Å². The molecule has 21 heavy (non-hydrogen) atoms. The summed E-state index contributed by atoms with van der Waals surface area (Å²) in [5.41, 5.74) is 7.18. The molecular formula is C17H20N2O2. The molecule has 2 aliphatic rings. The van der Waals surface area contributed by atoms with Gasteiger partial charge in [0.05, 0.1) is 0 Å². The van der Waals surface area contributed by atoms with Gasteiger partial charge in [0.15, 0.2) is 0 Å². The van der Waals surface area contributed by atoms with Gasteiger partial charge in [0.1, 0.15) is 11.5 Å². The fourth-order valence-corrected chi connectivity index (χ4v) is 2.89. The second-order valence-corrected chi connectivity index (χ2v) is 5.69. The van der Waals surface area contributed by atoms with Crippen LogP contribution in [0.5, 0.6) is 5.75 Å². The second kappa shape index (κ2) is 5.64. The minimum Gasteiger partial charge on any atom is -0.458 e. The van der Waals surface area contributed by atoms with E-state index in [1.54, 1.807) is 7.05 Å². The molecule has 110 valence electrons. The van der Waals surface area contributed by atoms with Crippen molar-refractivity contribution in [2.45, 2.75) is 19.3 Å². The van der Waals surface area contributed by atoms with Crippen LogP contribution in [0.4, 0.5) is 5.69 Å². The largest absolute Gasteiger partial charge is 0.458 e. The number of nitrogens with two attached hydrogens (primary N) is 1. The molecule has 4 heteroatoms. The van der Waals surface area contributed by atoms with Crippen molar-refractivity contribution in [2.24, 2.45) is 11.8 Å². The lowest BCUT2D eigenvalue weighted by molar-refractivity contribution is -0.117. The third-order valence-corrected chi connectivity index (χ3v) is 4.29. The standard InChI is InChI=1S/C17H20N2O2/c1-19-17(20)13-8-11-2-3-12(11)9-16(10-13)21-15-6-4-14(18)5-7-15/h4-7,9-12H,2-3,8,18H2,1H3,(H,19,20). The van der Waals surface area contributed by atoms with Crippen molar-refractivity contribution in [2.75, 3.05) is 12.8 Å². The van der Waals surface area contributed by atoms with Gasteiger partial charge < -0.3 is 15.8 Å². The minimum atomic E-state index is -0.0191. The Morgan fingerprint density at radius 1 is 1.29 bits per heavy atom. The summed E-state index contributed by atoms with van der Waals surface area (Å²) < 4.78 is 5.92. The van der Waals surface area contributed by atoms with Crippen LogP contribution >= 0.6 is 0 Å². The summed E-state index contributed by atoms with van der Waals surface area (Å²) >= 11 is 0. The van der Waals surface area contributed by atoms with Gasteiger partial charge in [0.25, 0.3) is 0 Å².